The van der Waals surface area contributed by atoms with Crippen LogP contribution in [0.15, 0.2) is 36.4 Å². The molecule has 23 heavy (non-hydrogen) atoms. The molecule has 2 aromatic rings. The minimum absolute atomic E-state index is 0.217. The molecule has 1 fully saturated rings. The van der Waals surface area contributed by atoms with Crippen molar-refractivity contribution in [1.29, 1.82) is 0 Å². The first-order valence-corrected chi connectivity index (χ1v) is 9.12. The van der Waals surface area contributed by atoms with E-state index >= 15 is 0 Å². The minimum Gasteiger partial charge on any atom is -0.373 e. The first-order valence-electron chi connectivity index (χ1n) is 7.58. The summed E-state index contributed by atoms with van der Waals surface area (Å²) in [6, 6.07) is 12.1. The predicted octanol–water partition coefficient (Wildman–Crippen LogP) is 6.16. The molecule has 3 atom stereocenters. The lowest BCUT2D eigenvalue weighted by molar-refractivity contribution is 0.357. The van der Waals surface area contributed by atoms with E-state index in [9.17, 15) is 0 Å². The Labute approximate surface area is 155 Å². The Bertz CT molecular complexity index is 805. The van der Waals surface area contributed by atoms with Crippen molar-refractivity contribution in [2.24, 2.45) is 5.92 Å². The molecular weight excluding hydrogens is 369 g/mol. The third-order valence-corrected chi connectivity index (χ3v) is 6.01. The SMILES string of the molecule is S=C1CCC2C(N1)c1ccc(Cl)cc1C2c1ccc(Cl)cc1Cl. The van der Waals surface area contributed by atoms with E-state index in [0.29, 0.717) is 16.0 Å². The molecule has 0 saturated carbocycles. The summed E-state index contributed by atoms with van der Waals surface area (Å²) in [6.07, 6.45) is 1.96. The lowest BCUT2D eigenvalue weighted by atomic mass is 9.80. The second kappa shape index (κ2) is 5.93. The summed E-state index contributed by atoms with van der Waals surface area (Å²) in [4.78, 5) is 0.940. The molecule has 118 valence electrons. The van der Waals surface area contributed by atoms with Gasteiger partial charge in [0.05, 0.1) is 11.0 Å². The topological polar surface area (TPSA) is 12.0 Å². The maximum absolute atomic E-state index is 6.51. The van der Waals surface area contributed by atoms with Crippen molar-refractivity contribution in [2.75, 3.05) is 0 Å². The molecule has 1 aliphatic heterocycles. The van der Waals surface area contributed by atoms with E-state index in [1.807, 2.05) is 24.3 Å². The number of nitrogens with one attached hydrogen (secondary N) is 1. The Morgan fingerprint density at radius 3 is 2.35 bits per heavy atom. The molecule has 5 heteroatoms. The summed E-state index contributed by atoms with van der Waals surface area (Å²) >= 11 is 24.3. The summed E-state index contributed by atoms with van der Waals surface area (Å²) in [6.45, 7) is 0. The van der Waals surface area contributed by atoms with Crippen molar-refractivity contribution in [2.45, 2.75) is 24.8 Å². The number of benzene rings is 2. The summed E-state index contributed by atoms with van der Waals surface area (Å²) in [5.41, 5.74) is 3.63. The normalized spacial score (nSPS) is 25.7. The van der Waals surface area contributed by atoms with Crippen LogP contribution in [-0.4, -0.2) is 4.99 Å². The highest BCUT2D eigenvalue weighted by Crippen LogP contribution is 2.53. The molecular formula is C18H14Cl3NS. The van der Waals surface area contributed by atoms with E-state index < -0.39 is 0 Å². The van der Waals surface area contributed by atoms with E-state index in [2.05, 4.69) is 17.4 Å². The number of piperidine rings is 1. The van der Waals surface area contributed by atoms with Crippen LogP contribution in [0.2, 0.25) is 15.1 Å². The molecule has 2 aliphatic rings. The summed E-state index contributed by atoms with van der Waals surface area (Å²) in [7, 11) is 0. The molecule has 0 spiro atoms. The van der Waals surface area contributed by atoms with Gasteiger partial charge in [-0.1, -0.05) is 59.2 Å². The molecule has 1 aliphatic carbocycles. The lowest BCUT2D eigenvalue weighted by Crippen LogP contribution is -2.36. The minimum atomic E-state index is 0.217. The number of hydrogen-bond donors (Lipinski definition) is 1. The standard InChI is InChI=1S/C18H14Cl3NS/c19-9-1-3-11-14(7-9)17(12-4-2-10(20)8-15(12)21)13-5-6-16(23)22-18(11)13/h1-4,7-8,13,17-18H,5-6H2,(H,22,23). The van der Waals surface area contributed by atoms with E-state index in [-0.39, 0.29) is 12.0 Å². The summed E-state index contributed by atoms with van der Waals surface area (Å²) in [5.74, 6) is 0.642. The number of halogens is 3. The largest absolute Gasteiger partial charge is 0.373 e. The Morgan fingerprint density at radius 2 is 1.61 bits per heavy atom. The van der Waals surface area contributed by atoms with Gasteiger partial charge in [0.15, 0.2) is 0 Å². The zero-order valence-corrected chi connectivity index (χ0v) is 15.2. The van der Waals surface area contributed by atoms with E-state index in [1.165, 1.54) is 11.1 Å². The van der Waals surface area contributed by atoms with Crippen LogP contribution in [0.4, 0.5) is 0 Å². The van der Waals surface area contributed by atoms with Crippen molar-refractivity contribution >= 4 is 52.0 Å². The van der Waals surface area contributed by atoms with Crippen molar-refractivity contribution in [1.82, 2.24) is 5.32 Å². The molecule has 1 heterocycles. The van der Waals surface area contributed by atoms with Gasteiger partial charge in [0.2, 0.25) is 0 Å². The third-order valence-electron chi connectivity index (χ3n) is 4.89. The van der Waals surface area contributed by atoms with Gasteiger partial charge in [0, 0.05) is 21.0 Å². The Morgan fingerprint density at radius 1 is 0.913 bits per heavy atom. The van der Waals surface area contributed by atoms with Crippen molar-refractivity contribution in [3.63, 3.8) is 0 Å². The second-order valence-corrected chi connectivity index (χ2v) is 7.94. The highest BCUT2D eigenvalue weighted by Gasteiger charge is 2.44. The van der Waals surface area contributed by atoms with Gasteiger partial charge in [0.25, 0.3) is 0 Å². The van der Waals surface area contributed by atoms with Crippen molar-refractivity contribution in [3.05, 3.63) is 68.2 Å². The first kappa shape index (κ1) is 15.7. The third kappa shape index (κ3) is 2.66. The fraction of sp³-hybridized carbons (Fsp3) is 0.278. The molecule has 2 aromatic carbocycles. The molecule has 0 amide bonds. The maximum Gasteiger partial charge on any atom is 0.0758 e. The van der Waals surface area contributed by atoms with Gasteiger partial charge < -0.3 is 5.32 Å². The van der Waals surface area contributed by atoms with Crippen LogP contribution in [0.5, 0.6) is 0 Å². The smallest absolute Gasteiger partial charge is 0.0758 e. The first-order chi connectivity index (χ1) is 11.0. The average Bonchev–Trinajstić information content (AvgIpc) is 2.80. The zero-order chi connectivity index (χ0) is 16.1. The van der Waals surface area contributed by atoms with Crippen LogP contribution in [-0.2, 0) is 0 Å². The van der Waals surface area contributed by atoms with Gasteiger partial charge in [0.1, 0.15) is 0 Å². The van der Waals surface area contributed by atoms with Crippen LogP contribution in [0.3, 0.4) is 0 Å². The highest BCUT2D eigenvalue weighted by atomic mass is 35.5. The van der Waals surface area contributed by atoms with Gasteiger partial charge in [-0.2, -0.15) is 0 Å². The summed E-state index contributed by atoms with van der Waals surface area (Å²) in [5, 5.41) is 5.62. The van der Waals surface area contributed by atoms with Crippen LogP contribution < -0.4 is 5.32 Å². The van der Waals surface area contributed by atoms with Crippen LogP contribution in [0.1, 0.15) is 41.5 Å². The molecule has 0 aromatic heterocycles. The van der Waals surface area contributed by atoms with Gasteiger partial charge in [-0.15, -0.1) is 0 Å². The Hall–Kier alpha value is -0.800. The molecule has 4 rings (SSSR count). The van der Waals surface area contributed by atoms with E-state index in [1.54, 1.807) is 0 Å². The lowest BCUT2D eigenvalue weighted by Gasteiger charge is -2.32. The number of rotatable bonds is 1. The average molecular weight is 383 g/mol. The van der Waals surface area contributed by atoms with Crippen molar-refractivity contribution < 1.29 is 0 Å². The molecule has 1 saturated heterocycles. The summed E-state index contributed by atoms with van der Waals surface area (Å²) < 4.78 is 0. The zero-order valence-electron chi connectivity index (χ0n) is 12.2. The molecule has 1 nitrogen and oxygen atoms in total. The predicted molar refractivity (Wildman–Crippen MR) is 101 cm³/mol. The molecule has 1 N–H and O–H groups in total. The van der Waals surface area contributed by atoms with Crippen molar-refractivity contribution in [3.8, 4) is 0 Å². The quantitative estimate of drug-likeness (QED) is 0.593. The van der Waals surface area contributed by atoms with Gasteiger partial charge >= 0.3 is 0 Å². The molecule has 0 radical (unpaired) electrons. The molecule has 3 unspecified atom stereocenters. The second-order valence-electron chi connectivity index (χ2n) is 6.16. The van der Waals surface area contributed by atoms with Crippen LogP contribution >= 0.6 is 47.0 Å². The Kier molecular flexibility index (Phi) is 4.05. The fourth-order valence-corrected chi connectivity index (χ4v) is 4.92. The Balaban J connectivity index is 1.88. The van der Waals surface area contributed by atoms with Gasteiger partial charge in [-0.05, 0) is 59.7 Å². The maximum atomic E-state index is 6.51. The number of hydrogen-bond acceptors (Lipinski definition) is 1. The fourth-order valence-electron chi connectivity index (χ4n) is 3.97. The van der Waals surface area contributed by atoms with Crippen LogP contribution in [0, 0.1) is 5.92 Å². The number of thiocarbonyl (C=S) groups is 1. The van der Waals surface area contributed by atoms with E-state index in [0.717, 1.165) is 28.4 Å². The number of fused-ring (bicyclic) bond motifs is 3. The monoisotopic (exact) mass is 381 g/mol. The molecule has 0 bridgehead atoms. The van der Waals surface area contributed by atoms with Crippen LogP contribution in [0.25, 0.3) is 0 Å². The highest BCUT2D eigenvalue weighted by molar-refractivity contribution is 7.80. The van der Waals surface area contributed by atoms with Gasteiger partial charge in [-0.25, -0.2) is 0 Å². The van der Waals surface area contributed by atoms with E-state index in [4.69, 9.17) is 47.0 Å². The van der Waals surface area contributed by atoms with Gasteiger partial charge in [-0.3, -0.25) is 0 Å².